The van der Waals surface area contributed by atoms with E-state index < -0.39 is 24.4 Å². The fourth-order valence-electron chi connectivity index (χ4n) is 2.77. The van der Waals surface area contributed by atoms with Crippen LogP contribution in [-0.2, 0) is 14.3 Å². The summed E-state index contributed by atoms with van der Waals surface area (Å²) in [6.45, 7) is 1.04. The molecule has 0 fully saturated rings. The number of methoxy groups -OCH3 is 2. The number of carbonyl (C=O) groups excluding carboxylic acids is 3. The van der Waals surface area contributed by atoms with Crippen LogP contribution in [0.1, 0.15) is 16.1 Å². The summed E-state index contributed by atoms with van der Waals surface area (Å²) in [7, 11) is 2.91. The molecular weight excluding hydrogens is 462 g/mol. The van der Waals surface area contributed by atoms with Gasteiger partial charge in [-0.25, -0.2) is 9.78 Å². The van der Waals surface area contributed by atoms with E-state index in [-0.39, 0.29) is 23.7 Å². The summed E-state index contributed by atoms with van der Waals surface area (Å²) in [5.41, 5.74) is 1.45. The molecule has 2 amide bonds. The van der Waals surface area contributed by atoms with Gasteiger partial charge < -0.3 is 24.3 Å². The average molecular weight is 486 g/mol. The van der Waals surface area contributed by atoms with Crippen molar-refractivity contribution < 1.29 is 33.3 Å². The van der Waals surface area contributed by atoms with Gasteiger partial charge in [0.1, 0.15) is 5.75 Å². The SMILES string of the molecule is COc1ccccc1NC(=O)COc1ccc(C(=O)OCC(=O)Nc2nc(C)cs2)cc1OC. The highest BCUT2D eigenvalue weighted by Crippen LogP contribution is 2.29. The Labute approximate surface area is 199 Å². The summed E-state index contributed by atoms with van der Waals surface area (Å²) in [5, 5.41) is 7.47. The number of hydrogen-bond donors (Lipinski definition) is 2. The highest BCUT2D eigenvalue weighted by molar-refractivity contribution is 7.13. The van der Waals surface area contributed by atoms with Gasteiger partial charge in [-0.1, -0.05) is 12.1 Å². The van der Waals surface area contributed by atoms with Crippen LogP contribution >= 0.6 is 11.3 Å². The molecule has 0 bridgehead atoms. The molecule has 0 spiro atoms. The van der Waals surface area contributed by atoms with Crippen molar-refractivity contribution in [1.29, 1.82) is 0 Å². The number of nitrogens with zero attached hydrogens (tertiary/aromatic N) is 1. The second-order valence-electron chi connectivity index (χ2n) is 6.82. The molecule has 0 aliphatic carbocycles. The van der Waals surface area contributed by atoms with Gasteiger partial charge in [0.15, 0.2) is 29.8 Å². The van der Waals surface area contributed by atoms with E-state index in [2.05, 4.69) is 15.6 Å². The first-order valence-corrected chi connectivity index (χ1v) is 10.9. The smallest absolute Gasteiger partial charge is 0.338 e. The Morgan fingerprint density at radius 1 is 0.912 bits per heavy atom. The van der Waals surface area contributed by atoms with E-state index in [1.807, 2.05) is 0 Å². The molecule has 0 atom stereocenters. The van der Waals surface area contributed by atoms with E-state index in [4.69, 9.17) is 18.9 Å². The summed E-state index contributed by atoms with van der Waals surface area (Å²) in [6.07, 6.45) is 0. The van der Waals surface area contributed by atoms with Crippen LogP contribution in [0.5, 0.6) is 17.2 Å². The topological polar surface area (TPSA) is 125 Å². The Hall–Kier alpha value is -4.12. The van der Waals surface area contributed by atoms with Crippen molar-refractivity contribution in [2.45, 2.75) is 6.92 Å². The Kier molecular flexibility index (Phi) is 8.41. The quantitative estimate of drug-likeness (QED) is 0.419. The first kappa shape index (κ1) is 24.5. The van der Waals surface area contributed by atoms with Gasteiger partial charge in [0.25, 0.3) is 11.8 Å². The lowest BCUT2D eigenvalue weighted by atomic mass is 10.2. The lowest BCUT2D eigenvalue weighted by molar-refractivity contribution is -0.119. The third-order valence-corrected chi connectivity index (χ3v) is 5.21. The first-order valence-electron chi connectivity index (χ1n) is 10.0. The minimum atomic E-state index is -0.718. The Bertz CT molecular complexity index is 1180. The van der Waals surface area contributed by atoms with Gasteiger partial charge in [0.2, 0.25) is 0 Å². The summed E-state index contributed by atoms with van der Waals surface area (Å²) >= 11 is 1.28. The first-order chi connectivity index (χ1) is 16.4. The lowest BCUT2D eigenvalue weighted by Crippen LogP contribution is -2.21. The Morgan fingerprint density at radius 3 is 2.35 bits per heavy atom. The predicted molar refractivity (Wildman–Crippen MR) is 126 cm³/mol. The number of aromatic nitrogens is 1. The predicted octanol–water partition coefficient (Wildman–Crippen LogP) is 3.28. The standard InChI is InChI=1S/C23H23N3O7S/c1-14-13-34-23(24-14)26-21(28)12-33-22(29)15-8-9-18(19(10-15)31-3)32-11-20(27)25-16-6-4-5-7-17(16)30-2/h4-10,13H,11-12H2,1-3H3,(H,25,27)(H,24,26,28). The van der Waals surface area contributed by atoms with Gasteiger partial charge in [0, 0.05) is 5.38 Å². The van der Waals surface area contributed by atoms with E-state index in [1.165, 1.54) is 43.8 Å². The van der Waals surface area contributed by atoms with Crippen LogP contribution in [-0.4, -0.2) is 50.2 Å². The number of nitrogens with one attached hydrogen (secondary N) is 2. The van der Waals surface area contributed by atoms with Crippen LogP contribution < -0.4 is 24.8 Å². The molecule has 11 heteroatoms. The number of rotatable bonds is 10. The minimum absolute atomic E-state index is 0.153. The highest BCUT2D eigenvalue weighted by atomic mass is 32.1. The molecule has 0 aliphatic heterocycles. The number of amides is 2. The maximum absolute atomic E-state index is 12.3. The number of benzene rings is 2. The molecule has 3 aromatic rings. The third kappa shape index (κ3) is 6.69. The molecule has 10 nitrogen and oxygen atoms in total. The fourth-order valence-corrected chi connectivity index (χ4v) is 3.48. The van der Waals surface area contributed by atoms with Crippen molar-refractivity contribution in [2.24, 2.45) is 0 Å². The van der Waals surface area contributed by atoms with Crippen LogP contribution in [0.15, 0.2) is 47.8 Å². The van der Waals surface area contributed by atoms with Crippen LogP contribution in [0.4, 0.5) is 10.8 Å². The molecule has 0 aliphatic rings. The molecule has 3 rings (SSSR count). The summed E-state index contributed by atoms with van der Waals surface area (Å²) in [5.74, 6) is -0.628. The summed E-state index contributed by atoms with van der Waals surface area (Å²) in [4.78, 5) is 40.6. The van der Waals surface area contributed by atoms with Crippen LogP contribution in [0, 0.1) is 6.92 Å². The number of esters is 1. The molecule has 2 N–H and O–H groups in total. The van der Waals surface area contributed by atoms with Crippen molar-refractivity contribution in [3.63, 3.8) is 0 Å². The largest absolute Gasteiger partial charge is 0.495 e. The average Bonchev–Trinajstić information content (AvgIpc) is 3.25. The number of aryl methyl sites for hydroxylation is 1. The van der Waals surface area contributed by atoms with E-state index >= 15 is 0 Å². The van der Waals surface area contributed by atoms with Crippen molar-refractivity contribution in [3.05, 3.63) is 59.1 Å². The second kappa shape index (κ2) is 11.7. The van der Waals surface area contributed by atoms with Gasteiger partial charge >= 0.3 is 5.97 Å². The molecule has 178 valence electrons. The molecule has 1 aromatic heterocycles. The van der Waals surface area contributed by atoms with Gasteiger partial charge in [-0.3, -0.25) is 14.9 Å². The maximum Gasteiger partial charge on any atom is 0.338 e. The maximum atomic E-state index is 12.3. The highest BCUT2D eigenvalue weighted by Gasteiger charge is 2.16. The van der Waals surface area contributed by atoms with Gasteiger partial charge in [-0.2, -0.15) is 0 Å². The molecule has 0 unspecified atom stereocenters. The molecule has 34 heavy (non-hydrogen) atoms. The number of ether oxygens (including phenoxy) is 4. The van der Waals surface area contributed by atoms with Crippen molar-refractivity contribution in [3.8, 4) is 17.2 Å². The van der Waals surface area contributed by atoms with Gasteiger partial charge in [-0.15, -0.1) is 11.3 Å². The van der Waals surface area contributed by atoms with E-state index in [0.29, 0.717) is 16.6 Å². The van der Waals surface area contributed by atoms with Crippen LogP contribution in [0.2, 0.25) is 0 Å². The van der Waals surface area contributed by atoms with Crippen molar-refractivity contribution >= 4 is 39.9 Å². The van der Waals surface area contributed by atoms with Crippen LogP contribution in [0.25, 0.3) is 0 Å². The fraction of sp³-hybridized carbons (Fsp3) is 0.217. The monoisotopic (exact) mass is 485 g/mol. The molecule has 2 aromatic carbocycles. The molecule has 0 saturated carbocycles. The molecule has 0 saturated heterocycles. The van der Waals surface area contributed by atoms with Gasteiger partial charge in [-0.05, 0) is 37.3 Å². The lowest BCUT2D eigenvalue weighted by Gasteiger charge is -2.13. The molecular formula is C23H23N3O7S. The zero-order chi connectivity index (χ0) is 24.5. The van der Waals surface area contributed by atoms with E-state index in [1.54, 1.807) is 36.6 Å². The molecule has 1 heterocycles. The number of carbonyl (C=O) groups is 3. The summed E-state index contributed by atoms with van der Waals surface area (Å²) in [6, 6.07) is 11.3. The minimum Gasteiger partial charge on any atom is -0.495 e. The van der Waals surface area contributed by atoms with Crippen LogP contribution in [0.3, 0.4) is 0 Å². The Balaban J connectivity index is 1.54. The second-order valence-corrected chi connectivity index (χ2v) is 7.68. The molecule has 0 radical (unpaired) electrons. The Morgan fingerprint density at radius 2 is 1.65 bits per heavy atom. The summed E-state index contributed by atoms with van der Waals surface area (Å²) < 4.78 is 21.0. The van der Waals surface area contributed by atoms with Crippen molar-refractivity contribution in [1.82, 2.24) is 4.98 Å². The zero-order valence-electron chi connectivity index (χ0n) is 18.7. The van der Waals surface area contributed by atoms with E-state index in [0.717, 1.165) is 5.69 Å². The third-order valence-electron chi connectivity index (χ3n) is 4.34. The number of hydrogen-bond acceptors (Lipinski definition) is 9. The number of anilines is 2. The number of para-hydroxylation sites is 2. The zero-order valence-corrected chi connectivity index (χ0v) is 19.6. The normalized spacial score (nSPS) is 10.2. The van der Waals surface area contributed by atoms with E-state index in [9.17, 15) is 14.4 Å². The van der Waals surface area contributed by atoms with Crippen molar-refractivity contribution in [2.75, 3.05) is 38.1 Å². The number of thiazole rings is 1. The van der Waals surface area contributed by atoms with Gasteiger partial charge in [0.05, 0.1) is 31.2 Å².